The van der Waals surface area contributed by atoms with E-state index in [-0.39, 0.29) is 0 Å². The first kappa shape index (κ1) is 14.3. The van der Waals surface area contributed by atoms with Crippen molar-refractivity contribution in [3.05, 3.63) is 0 Å². The highest BCUT2D eigenvalue weighted by atomic mass is 35.5. The normalized spacial score (nSPS) is 9.60. The first-order valence-corrected chi connectivity index (χ1v) is 5.04. The zero-order valence-corrected chi connectivity index (χ0v) is 9.37. The van der Waals surface area contributed by atoms with Gasteiger partial charge in [-0.05, 0) is 0 Å². The quantitative estimate of drug-likeness (QED) is 0.662. The Kier molecular flexibility index (Phi) is 15.3. The molecule has 0 saturated heterocycles. The average molecular weight is 267 g/mol. The van der Waals surface area contributed by atoms with Gasteiger partial charge in [0.1, 0.15) is 9.67 Å². The smallest absolute Gasteiger partial charge is 0.121 e. The Morgan fingerprint density at radius 2 is 0.800 bits per heavy atom. The zero-order valence-electron chi connectivity index (χ0n) is 4.84. The maximum absolute atomic E-state index is 5.10. The monoisotopic (exact) mass is 264 g/mol. The van der Waals surface area contributed by atoms with Gasteiger partial charge in [-0.25, -0.2) is 0 Å². The van der Waals surface area contributed by atoms with Gasteiger partial charge in [0.25, 0.3) is 0 Å². The van der Waals surface area contributed by atoms with Crippen molar-refractivity contribution in [2.24, 2.45) is 0 Å². The predicted octanol–water partition coefficient (Wildman–Crippen LogP) is 4.06. The van der Waals surface area contributed by atoms with Gasteiger partial charge in [0.15, 0.2) is 0 Å². The number of hydrogen-bond donors (Lipinski definition) is 0. The van der Waals surface area contributed by atoms with Crippen molar-refractivity contribution >= 4 is 69.6 Å². The summed E-state index contributed by atoms with van der Waals surface area (Å²) in [6.07, 6.45) is 0. The Balaban J connectivity index is 0. The highest BCUT2D eigenvalue weighted by Gasteiger charge is 1.89. The number of halogens is 6. The van der Waals surface area contributed by atoms with Gasteiger partial charge in [-0.1, -0.05) is 0 Å². The van der Waals surface area contributed by atoms with Gasteiger partial charge in [0.05, 0.1) is 11.8 Å². The Morgan fingerprint density at radius 1 is 0.700 bits per heavy atom. The third-order valence-corrected chi connectivity index (χ3v) is 2.10. The maximum atomic E-state index is 5.10. The van der Waals surface area contributed by atoms with Crippen LogP contribution in [-0.2, 0) is 0 Å². The van der Waals surface area contributed by atoms with Crippen molar-refractivity contribution in [1.82, 2.24) is 0 Å². The minimum absolute atomic E-state index is 0.309. The fourth-order valence-corrected chi connectivity index (χ4v) is 0. The van der Waals surface area contributed by atoms with Crippen molar-refractivity contribution in [3.8, 4) is 0 Å². The number of alkyl halides is 6. The van der Waals surface area contributed by atoms with Crippen LogP contribution in [0.15, 0.2) is 0 Å². The zero-order chi connectivity index (χ0) is 8.57. The van der Waals surface area contributed by atoms with Crippen LogP contribution in [0.25, 0.3) is 0 Å². The van der Waals surface area contributed by atoms with Crippen molar-refractivity contribution in [1.29, 1.82) is 0 Å². The third-order valence-electron chi connectivity index (χ3n) is 0.233. The standard InChI is InChI=1S/2C2H3Cl3/c2*3-1-2(4)5/h2*2H,1H2. The van der Waals surface area contributed by atoms with Crippen LogP contribution < -0.4 is 0 Å². The van der Waals surface area contributed by atoms with E-state index in [0.717, 1.165) is 0 Å². The molecule has 0 unspecified atom stereocenters. The fraction of sp³-hybridized carbons (Fsp3) is 1.00. The van der Waals surface area contributed by atoms with Gasteiger partial charge < -0.3 is 0 Å². The van der Waals surface area contributed by atoms with Gasteiger partial charge in [-0.3, -0.25) is 0 Å². The summed E-state index contributed by atoms with van der Waals surface area (Å²) in [6.45, 7) is 0. The van der Waals surface area contributed by atoms with E-state index in [9.17, 15) is 0 Å². The molecule has 0 radical (unpaired) electrons. The summed E-state index contributed by atoms with van der Waals surface area (Å²) in [6, 6.07) is 0. The van der Waals surface area contributed by atoms with Crippen LogP contribution in [0, 0.1) is 0 Å². The van der Waals surface area contributed by atoms with Gasteiger partial charge in [0, 0.05) is 0 Å². The van der Waals surface area contributed by atoms with E-state index < -0.39 is 9.67 Å². The van der Waals surface area contributed by atoms with E-state index in [0.29, 0.717) is 11.8 Å². The second kappa shape index (κ2) is 10.7. The molecule has 0 aromatic rings. The molecule has 10 heavy (non-hydrogen) atoms. The molecule has 0 saturated carbocycles. The van der Waals surface area contributed by atoms with Crippen LogP contribution in [0.4, 0.5) is 0 Å². The average Bonchev–Trinajstić information content (AvgIpc) is 1.89. The molecule has 0 heterocycles. The lowest BCUT2D eigenvalue weighted by Crippen LogP contribution is -1.82. The molecule has 0 aliphatic heterocycles. The topological polar surface area (TPSA) is 0 Å². The SMILES string of the molecule is ClCC(Cl)Cl.ClCC(Cl)Cl. The minimum atomic E-state index is -0.406. The van der Waals surface area contributed by atoms with Crippen molar-refractivity contribution in [2.75, 3.05) is 11.8 Å². The van der Waals surface area contributed by atoms with Crippen molar-refractivity contribution < 1.29 is 0 Å². The highest BCUT2D eigenvalue weighted by molar-refractivity contribution is 6.47. The molecule has 0 spiro atoms. The van der Waals surface area contributed by atoms with Crippen LogP contribution in [0.2, 0.25) is 0 Å². The van der Waals surface area contributed by atoms with E-state index in [2.05, 4.69) is 0 Å². The Bertz CT molecular complexity index is 45.7. The summed E-state index contributed by atoms with van der Waals surface area (Å²) in [5.74, 6) is 0.617. The van der Waals surface area contributed by atoms with Crippen LogP contribution in [-0.4, -0.2) is 21.4 Å². The molecule has 0 aromatic heterocycles. The summed E-state index contributed by atoms with van der Waals surface area (Å²) in [7, 11) is 0. The number of rotatable bonds is 2. The molecular weight excluding hydrogens is 261 g/mol. The van der Waals surface area contributed by atoms with Crippen molar-refractivity contribution in [3.63, 3.8) is 0 Å². The van der Waals surface area contributed by atoms with Gasteiger partial charge >= 0.3 is 0 Å². The molecule has 6 heteroatoms. The summed E-state index contributed by atoms with van der Waals surface area (Å²) >= 11 is 30.5. The predicted molar refractivity (Wildman–Crippen MR) is 52.4 cm³/mol. The Hall–Kier alpha value is 1.74. The summed E-state index contributed by atoms with van der Waals surface area (Å²) in [5.41, 5.74) is 0. The molecule has 0 rings (SSSR count). The minimum Gasteiger partial charge on any atom is -0.124 e. The molecule has 64 valence electrons. The van der Waals surface area contributed by atoms with Gasteiger partial charge in [-0.2, -0.15) is 0 Å². The lowest BCUT2D eigenvalue weighted by atomic mass is 10.9. The molecule has 0 aromatic carbocycles. The molecule has 0 N–H and O–H groups in total. The van der Waals surface area contributed by atoms with E-state index >= 15 is 0 Å². The third kappa shape index (κ3) is 22.6. The first-order chi connectivity index (χ1) is 4.54. The van der Waals surface area contributed by atoms with Gasteiger partial charge in [0.2, 0.25) is 0 Å². The highest BCUT2D eigenvalue weighted by Crippen LogP contribution is 2.01. The van der Waals surface area contributed by atoms with Gasteiger partial charge in [-0.15, -0.1) is 69.6 Å². The largest absolute Gasteiger partial charge is 0.124 e. The first-order valence-electron chi connectivity index (χ1n) is 2.22. The lowest BCUT2D eigenvalue weighted by molar-refractivity contribution is 1.40. The van der Waals surface area contributed by atoms with Crippen molar-refractivity contribution in [2.45, 2.75) is 9.67 Å². The van der Waals surface area contributed by atoms with Crippen LogP contribution >= 0.6 is 69.6 Å². The molecular formula is C4H6Cl6. The second-order valence-corrected chi connectivity index (χ2v) is 4.26. The number of hydrogen-bond acceptors (Lipinski definition) is 0. The van der Waals surface area contributed by atoms with E-state index in [4.69, 9.17) is 69.6 Å². The summed E-state index contributed by atoms with van der Waals surface area (Å²) in [5, 5.41) is 0. The summed E-state index contributed by atoms with van der Waals surface area (Å²) in [4.78, 5) is -0.812. The molecule has 0 bridgehead atoms. The fourth-order valence-electron chi connectivity index (χ4n) is 0. The summed E-state index contributed by atoms with van der Waals surface area (Å²) < 4.78 is 0. The molecule has 0 atom stereocenters. The van der Waals surface area contributed by atoms with E-state index in [1.165, 1.54) is 0 Å². The Morgan fingerprint density at radius 3 is 0.800 bits per heavy atom. The van der Waals surface area contributed by atoms with Crippen LogP contribution in [0.1, 0.15) is 0 Å². The molecule has 0 nitrogen and oxygen atoms in total. The van der Waals surface area contributed by atoms with E-state index in [1.54, 1.807) is 0 Å². The van der Waals surface area contributed by atoms with Crippen LogP contribution in [0.3, 0.4) is 0 Å². The lowest BCUT2D eigenvalue weighted by Gasteiger charge is -1.82. The maximum Gasteiger partial charge on any atom is 0.121 e. The molecule has 0 amide bonds. The molecule has 0 fully saturated rings. The van der Waals surface area contributed by atoms with Crippen LogP contribution in [0.5, 0.6) is 0 Å². The second-order valence-electron chi connectivity index (χ2n) is 1.09. The molecule has 0 aliphatic carbocycles. The molecule has 0 aliphatic rings. The van der Waals surface area contributed by atoms with E-state index in [1.807, 2.05) is 0 Å². The Labute approximate surface area is 90.7 Å².